The maximum atomic E-state index is 5.95. The lowest BCUT2D eigenvalue weighted by Crippen LogP contribution is -2.13. The Labute approximate surface area is 182 Å². The van der Waals surface area contributed by atoms with Crippen LogP contribution in [0.3, 0.4) is 0 Å². The van der Waals surface area contributed by atoms with Crippen LogP contribution in [0.4, 0.5) is 0 Å². The summed E-state index contributed by atoms with van der Waals surface area (Å²) >= 11 is 6.93. The first-order valence-corrected chi connectivity index (χ1v) is 10.4. The van der Waals surface area contributed by atoms with Crippen LogP contribution in [0, 0.1) is 5.92 Å². The van der Waals surface area contributed by atoms with Crippen LogP contribution in [0.5, 0.6) is 5.75 Å². The number of hydrogen-bond donors (Lipinski definition) is 0. The van der Waals surface area contributed by atoms with Crippen molar-refractivity contribution in [3.05, 3.63) is 53.9 Å². The summed E-state index contributed by atoms with van der Waals surface area (Å²) in [6.45, 7) is 2.51. The van der Waals surface area contributed by atoms with E-state index in [9.17, 15) is 0 Å². The predicted molar refractivity (Wildman–Crippen MR) is 123 cm³/mol. The Bertz CT molecular complexity index is 941. The normalized spacial score (nSPS) is 11.7. The van der Waals surface area contributed by atoms with Crippen LogP contribution in [-0.4, -0.2) is 28.0 Å². The van der Waals surface area contributed by atoms with Crippen LogP contribution >= 0.6 is 36.4 Å². The van der Waals surface area contributed by atoms with E-state index >= 15 is 0 Å². The van der Waals surface area contributed by atoms with Crippen molar-refractivity contribution in [2.75, 3.05) is 13.4 Å². The highest BCUT2D eigenvalue weighted by molar-refractivity contribution is 7.98. The van der Waals surface area contributed by atoms with E-state index in [0.29, 0.717) is 11.7 Å². The van der Waals surface area contributed by atoms with Gasteiger partial charge in [-0.05, 0) is 60.8 Å². The smallest absolute Gasteiger partial charge is 0.162 e. The van der Waals surface area contributed by atoms with E-state index in [4.69, 9.17) is 21.7 Å². The molecule has 0 aliphatic carbocycles. The van der Waals surface area contributed by atoms with Crippen LogP contribution in [0.2, 0.25) is 0 Å². The number of thioether (sulfide) groups is 1. The molecule has 3 rings (SSSR count). The largest absolute Gasteiger partial charge is 0.490 e. The number of thiocarbonyl (C=S) groups is 1. The number of imidazole rings is 1. The molecule has 28 heavy (non-hydrogen) atoms. The quantitative estimate of drug-likeness (QED) is 0.363. The molecule has 3 aromatic rings. The Hall–Kier alpha value is -1.76. The number of rotatable bonds is 7. The maximum Gasteiger partial charge on any atom is 0.162 e. The van der Waals surface area contributed by atoms with Gasteiger partial charge in [0.2, 0.25) is 0 Å². The SMILES string of the molecule is COC(=S)C(C)Cc1ccc(OCc2nc3ccc(SC)cc3n2C)cc1.Cl. The van der Waals surface area contributed by atoms with Gasteiger partial charge in [0.25, 0.3) is 0 Å². The topological polar surface area (TPSA) is 36.3 Å². The van der Waals surface area contributed by atoms with Crippen LogP contribution in [0.15, 0.2) is 47.4 Å². The summed E-state index contributed by atoms with van der Waals surface area (Å²) < 4.78 is 13.2. The number of halogens is 1. The number of ether oxygens (including phenoxy) is 2. The van der Waals surface area contributed by atoms with E-state index in [1.165, 1.54) is 10.5 Å². The lowest BCUT2D eigenvalue weighted by molar-refractivity contribution is 0.292. The molecule has 0 aliphatic heterocycles. The zero-order chi connectivity index (χ0) is 19.4. The summed E-state index contributed by atoms with van der Waals surface area (Å²) in [6.07, 6.45) is 2.93. The standard InChI is InChI=1S/C21H24N2O2S2.ClH/c1-14(21(26)24-3)11-15-5-7-16(8-6-15)25-13-20-22-18-10-9-17(27-4)12-19(18)23(20)2;/h5-10,12,14H,11,13H2,1-4H3;1H. The number of fused-ring (bicyclic) bond motifs is 1. The molecule has 4 nitrogen and oxygen atoms in total. The van der Waals surface area contributed by atoms with Gasteiger partial charge in [-0.25, -0.2) is 4.98 Å². The third-order valence-electron chi connectivity index (χ3n) is 4.62. The molecule has 1 atom stereocenters. The fourth-order valence-corrected chi connectivity index (χ4v) is 3.50. The predicted octanol–water partition coefficient (Wildman–Crippen LogP) is 5.45. The summed E-state index contributed by atoms with van der Waals surface area (Å²) in [5.41, 5.74) is 3.33. The van der Waals surface area contributed by atoms with Crippen LogP contribution in [0.25, 0.3) is 11.0 Å². The molecule has 0 bridgehead atoms. The number of aromatic nitrogens is 2. The van der Waals surface area contributed by atoms with Crippen LogP contribution in [-0.2, 0) is 24.8 Å². The molecule has 0 aliphatic rings. The minimum atomic E-state index is 0. The molecule has 0 fully saturated rings. The highest BCUT2D eigenvalue weighted by Gasteiger charge is 2.11. The molecule has 0 saturated heterocycles. The van der Waals surface area contributed by atoms with E-state index in [1.54, 1.807) is 18.9 Å². The number of nitrogens with zero attached hydrogens (tertiary/aromatic N) is 2. The van der Waals surface area contributed by atoms with E-state index in [0.717, 1.165) is 29.0 Å². The van der Waals surface area contributed by atoms with E-state index in [1.807, 2.05) is 19.2 Å². The summed E-state index contributed by atoms with van der Waals surface area (Å²) in [5, 5.41) is 0.641. The molecular weight excluding hydrogens is 412 g/mol. The Kier molecular flexibility index (Phi) is 8.16. The van der Waals surface area contributed by atoms with Crippen LogP contribution < -0.4 is 4.74 Å². The van der Waals surface area contributed by atoms with Crippen molar-refractivity contribution in [1.82, 2.24) is 9.55 Å². The zero-order valence-electron chi connectivity index (χ0n) is 16.5. The molecule has 150 valence electrons. The van der Waals surface area contributed by atoms with Gasteiger partial charge in [0.1, 0.15) is 18.2 Å². The van der Waals surface area contributed by atoms with Crippen LogP contribution in [0.1, 0.15) is 18.3 Å². The number of hydrogen-bond acceptors (Lipinski definition) is 5. The van der Waals surface area contributed by atoms with Crippen molar-refractivity contribution in [1.29, 1.82) is 0 Å². The van der Waals surface area contributed by atoms with Crippen molar-refractivity contribution in [3.63, 3.8) is 0 Å². The Morgan fingerprint density at radius 1 is 1.21 bits per heavy atom. The molecule has 2 aromatic carbocycles. The Morgan fingerprint density at radius 3 is 2.57 bits per heavy atom. The molecule has 0 spiro atoms. The fourth-order valence-electron chi connectivity index (χ4n) is 2.98. The molecule has 0 radical (unpaired) electrons. The second kappa shape index (κ2) is 10.1. The van der Waals surface area contributed by atoms with E-state index in [2.05, 4.69) is 53.1 Å². The number of methoxy groups -OCH3 is 1. The first kappa shape index (κ1) is 22.5. The number of benzene rings is 2. The molecular formula is C21H25ClN2O2S2. The second-order valence-electron chi connectivity index (χ2n) is 6.50. The lowest BCUT2D eigenvalue weighted by atomic mass is 10.0. The van der Waals surface area contributed by atoms with Gasteiger partial charge < -0.3 is 14.0 Å². The minimum absolute atomic E-state index is 0. The van der Waals surface area contributed by atoms with Gasteiger partial charge in [0.15, 0.2) is 5.05 Å². The first-order valence-electron chi connectivity index (χ1n) is 8.80. The zero-order valence-corrected chi connectivity index (χ0v) is 18.9. The Morgan fingerprint density at radius 2 is 1.93 bits per heavy atom. The minimum Gasteiger partial charge on any atom is -0.490 e. The average Bonchev–Trinajstić information content (AvgIpc) is 3.01. The summed E-state index contributed by atoms with van der Waals surface area (Å²) in [4.78, 5) is 5.92. The van der Waals surface area contributed by atoms with Gasteiger partial charge in [-0.15, -0.1) is 24.2 Å². The number of aryl methyl sites for hydroxylation is 1. The van der Waals surface area contributed by atoms with Gasteiger partial charge in [0, 0.05) is 17.9 Å². The van der Waals surface area contributed by atoms with Gasteiger partial charge >= 0.3 is 0 Å². The van der Waals surface area contributed by atoms with Crippen molar-refractivity contribution in [3.8, 4) is 5.75 Å². The molecule has 0 saturated carbocycles. The summed E-state index contributed by atoms with van der Waals surface area (Å²) in [5.74, 6) is 1.95. The lowest BCUT2D eigenvalue weighted by Gasteiger charge is -2.12. The van der Waals surface area contributed by atoms with Crippen molar-refractivity contribution in [2.24, 2.45) is 13.0 Å². The van der Waals surface area contributed by atoms with Gasteiger partial charge in [-0.2, -0.15) is 0 Å². The molecule has 7 heteroatoms. The molecule has 0 amide bonds. The third kappa shape index (κ3) is 5.19. The van der Waals surface area contributed by atoms with Gasteiger partial charge in [-0.1, -0.05) is 19.1 Å². The fraction of sp³-hybridized carbons (Fsp3) is 0.333. The van der Waals surface area contributed by atoms with E-state index < -0.39 is 0 Å². The van der Waals surface area contributed by atoms with Crippen molar-refractivity contribution >= 4 is 52.5 Å². The molecule has 1 unspecified atom stereocenters. The first-order chi connectivity index (χ1) is 13.0. The summed E-state index contributed by atoms with van der Waals surface area (Å²) in [6, 6.07) is 14.5. The molecule has 1 aromatic heterocycles. The van der Waals surface area contributed by atoms with Crippen molar-refractivity contribution < 1.29 is 9.47 Å². The van der Waals surface area contributed by atoms with Gasteiger partial charge in [0.05, 0.1) is 18.1 Å². The highest BCUT2D eigenvalue weighted by Crippen LogP contribution is 2.23. The monoisotopic (exact) mass is 436 g/mol. The molecule has 1 heterocycles. The van der Waals surface area contributed by atoms with Gasteiger partial charge in [-0.3, -0.25) is 0 Å². The second-order valence-corrected chi connectivity index (χ2v) is 7.78. The highest BCUT2D eigenvalue weighted by atomic mass is 35.5. The van der Waals surface area contributed by atoms with Crippen molar-refractivity contribution in [2.45, 2.75) is 24.8 Å². The molecule has 0 N–H and O–H groups in total. The van der Waals surface area contributed by atoms with E-state index in [-0.39, 0.29) is 18.3 Å². The average molecular weight is 437 g/mol. The maximum absolute atomic E-state index is 5.95. The summed E-state index contributed by atoms with van der Waals surface area (Å²) in [7, 11) is 3.65. The Balaban J connectivity index is 0.00000280. The third-order valence-corrected chi connectivity index (χ3v) is 5.91.